The van der Waals surface area contributed by atoms with Gasteiger partial charge in [0.2, 0.25) is 10.0 Å². The molecule has 2 aromatic carbocycles. The van der Waals surface area contributed by atoms with E-state index in [1.807, 2.05) is 0 Å². The summed E-state index contributed by atoms with van der Waals surface area (Å²) in [6.45, 7) is 6.58. The number of carbonyl (C=O) groups excluding carboxylic acids is 2. The molecule has 0 radical (unpaired) electrons. The van der Waals surface area contributed by atoms with Gasteiger partial charge in [-0.25, -0.2) is 17.9 Å². The summed E-state index contributed by atoms with van der Waals surface area (Å²) < 4.78 is 31.8. The van der Waals surface area contributed by atoms with Crippen LogP contribution >= 0.6 is 0 Å². The van der Waals surface area contributed by atoms with Crippen molar-refractivity contribution in [2.75, 3.05) is 5.32 Å². The van der Waals surface area contributed by atoms with E-state index in [0.29, 0.717) is 5.69 Å². The minimum Gasteiger partial charge on any atom is -0.507 e. The van der Waals surface area contributed by atoms with E-state index in [-0.39, 0.29) is 22.3 Å². The Balaban J connectivity index is 2.01. The van der Waals surface area contributed by atoms with Gasteiger partial charge in [0.15, 0.2) is 6.10 Å². The van der Waals surface area contributed by atoms with E-state index < -0.39 is 28.0 Å². The van der Waals surface area contributed by atoms with E-state index in [0.717, 1.165) is 5.56 Å². The molecule has 0 bridgehead atoms. The number of sulfonamides is 1. The quantitative estimate of drug-likeness (QED) is 0.592. The molecule has 1 atom stereocenters. The van der Waals surface area contributed by atoms with Crippen LogP contribution in [0.4, 0.5) is 5.69 Å². The molecule has 2 rings (SSSR count). The van der Waals surface area contributed by atoms with Crippen LogP contribution in [0.2, 0.25) is 0 Å². The number of aryl methyl sites for hydroxylation is 1. The summed E-state index contributed by atoms with van der Waals surface area (Å²) in [6.07, 6.45) is -1.13. The zero-order valence-corrected chi connectivity index (χ0v) is 17.4. The van der Waals surface area contributed by atoms with Crippen LogP contribution in [0.25, 0.3) is 0 Å². The molecule has 0 fully saturated rings. The molecule has 0 aliphatic carbocycles. The van der Waals surface area contributed by atoms with Crippen molar-refractivity contribution in [2.45, 2.75) is 44.7 Å². The number of ether oxygens (including phenoxy) is 1. The number of anilines is 1. The molecule has 0 spiro atoms. The van der Waals surface area contributed by atoms with E-state index in [9.17, 15) is 23.1 Å². The standard InChI is InChI=1S/C20H24N2O6S/c1-12(2)22-29(26,27)16-8-6-15(7-9-16)21-19(24)14(4)28-20(25)17-10-5-13(3)11-18(17)23/h5-12,14,22-23H,1-4H3,(H,21,24)/t14-/m0/s1. The highest BCUT2D eigenvalue weighted by Gasteiger charge is 2.21. The summed E-state index contributed by atoms with van der Waals surface area (Å²) in [5.74, 6) is -1.65. The van der Waals surface area contributed by atoms with Gasteiger partial charge in [0.05, 0.1) is 4.90 Å². The summed E-state index contributed by atoms with van der Waals surface area (Å²) in [5.41, 5.74) is 1.08. The van der Waals surface area contributed by atoms with Crippen LogP contribution in [0.1, 0.15) is 36.7 Å². The highest BCUT2D eigenvalue weighted by molar-refractivity contribution is 7.89. The molecule has 156 valence electrons. The van der Waals surface area contributed by atoms with Crippen molar-refractivity contribution < 1.29 is 27.9 Å². The minimum absolute atomic E-state index is 0.0394. The second-order valence-corrected chi connectivity index (χ2v) is 8.57. The van der Waals surface area contributed by atoms with Gasteiger partial charge in [-0.2, -0.15) is 0 Å². The van der Waals surface area contributed by atoms with Gasteiger partial charge in [0.25, 0.3) is 5.91 Å². The Kier molecular flexibility index (Phi) is 6.99. The molecule has 2 aromatic rings. The third-order valence-corrected chi connectivity index (χ3v) is 5.52. The van der Waals surface area contributed by atoms with Crippen LogP contribution in [-0.2, 0) is 19.6 Å². The van der Waals surface area contributed by atoms with Gasteiger partial charge in [-0.15, -0.1) is 0 Å². The van der Waals surface area contributed by atoms with Crippen molar-refractivity contribution in [1.29, 1.82) is 0 Å². The summed E-state index contributed by atoms with van der Waals surface area (Å²) >= 11 is 0. The van der Waals surface area contributed by atoms with Gasteiger partial charge in [0, 0.05) is 11.7 Å². The third kappa shape index (κ3) is 6.03. The Labute approximate surface area is 169 Å². The van der Waals surface area contributed by atoms with E-state index in [1.165, 1.54) is 43.3 Å². The molecule has 3 N–H and O–H groups in total. The number of nitrogens with one attached hydrogen (secondary N) is 2. The van der Waals surface area contributed by atoms with Crippen LogP contribution < -0.4 is 10.0 Å². The number of hydrogen-bond donors (Lipinski definition) is 3. The van der Waals surface area contributed by atoms with Crippen molar-refractivity contribution in [3.05, 3.63) is 53.6 Å². The Hall–Kier alpha value is -2.91. The van der Waals surface area contributed by atoms with Crippen LogP contribution in [-0.4, -0.2) is 37.5 Å². The van der Waals surface area contributed by atoms with Crippen LogP contribution in [0.3, 0.4) is 0 Å². The first-order chi connectivity index (χ1) is 13.5. The Morgan fingerprint density at radius 2 is 1.66 bits per heavy atom. The van der Waals surface area contributed by atoms with Gasteiger partial charge in [0.1, 0.15) is 11.3 Å². The Morgan fingerprint density at radius 3 is 2.21 bits per heavy atom. The van der Waals surface area contributed by atoms with Gasteiger partial charge in [-0.05, 0) is 69.7 Å². The van der Waals surface area contributed by atoms with Crippen LogP contribution in [0, 0.1) is 6.92 Å². The second-order valence-electron chi connectivity index (χ2n) is 6.86. The maximum absolute atomic E-state index is 12.3. The normalized spacial score (nSPS) is 12.4. The number of carbonyl (C=O) groups is 2. The Bertz CT molecular complexity index is 1000. The average Bonchev–Trinajstić information content (AvgIpc) is 2.60. The number of benzene rings is 2. The first kappa shape index (κ1) is 22.4. The molecule has 0 heterocycles. The first-order valence-corrected chi connectivity index (χ1v) is 10.4. The number of esters is 1. The fourth-order valence-electron chi connectivity index (χ4n) is 2.43. The lowest BCUT2D eigenvalue weighted by Crippen LogP contribution is -2.30. The fourth-order valence-corrected chi connectivity index (χ4v) is 3.68. The van der Waals surface area contributed by atoms with Gasteiger partial charge in [-0.3, -0.25) is 4.79 Å². The maximum Gasteiger partial charge on any atom is 0.342 e. The number of rotatable bonds is 7. The molecule has 0 unspecified atom stereocenters. The second kappa shape index (κ2) is 9.06. The zero-order chi connectivity index (χ0) is 21.8. The lowest BCUT2D eigenvalue weighted by atomic mass is 10.1. The molecule has 0 saturated heterocycles. The van der Waals surface area contributed by atoms with Gasteiger partial charge < -0.3 is 15.2 Å². The molecule has 29 heavy (non-hydrogen) atoms. The van der Waals surface area contributed by atoms with Crippen molar-refractivity contribution in [1.82, 2.24) is 4.72 Å². The lowest BCUT2D eigenvalue weighted by molar-refractivity contribution is -0.123. The smallest absolute Gasteiger partial charge is 0.342 e. The highest BCUT2D eigenvalue weighted by Crippen LogP contribution is 2.20. The van der Waals surface area contributed by atoms with E-state index >= 15 is 0 Å². The predicted octanol–water partition coefficient (Wildman–Crippen LogP) is 2.57. The molecule has 1 amide bonds. The number of amides is 1. The van der Waals surface area contributed by atoms with Crippen molar-refractivity contribution in [2.24, 2.45) is 0 Å². The van der Waals surface area contributed by atoms with Crippen LogP contribution in [0.15, 0.2) is 47.4 Å². The SMILES string of the molecule is Cc1ccc(C(=O)O[C@@H](C)C(=O)Nc2ccc(S(=O)(=O)NC(C)C)cc2)c(O)c1. The number of aromatic hydroxyl groups is 1. The van der Waals surface area contributed by atoms with Crippen molar-refractivity contribution in [3.63, 3.8) is 0 Å². The topological polar surface area (TPSA) is 122 Å². The molecule has 9 heteroatoms. The first-order valence-electron chi connectivity index (χ1n) is 8.93. The minimum atomic E-state index is -3.63. The summed E-state index contributed by atoms with van der Waals surface area (Å²) in [7, 11) is -3.63. The molecule has 0 saturated carbocycles. The van der Waals surface area contributed by atoms with E-state index in [4.69, 9.17) is 4.74 Å². The monoisotopic (exact) mass is 420 g/mol. The van der Waals surface area contributed by atoms with E-state index in [1.54, 1.807) is 26.8 Å². The average molecular weight is 420 g/mol. The summed E-state index contributed by atoms with van der Waals surface area (Å²) in [5, 5.41) is 12.4. The van der Waals surface area contributed by atoms with E-state index in [2.05, 4.69) is 10.0 Å². The number of phenols is 1. The third-order valence-electron chi connectivity index (χ3n) is 3.85. The van der Waals surface area contributed by atoms with Crippen LogP contribution in [0.5, 0.6) is 5.75 Å². The Morgan fingerprint density at radius 1 is 1.03 bits per heavy atom. The molecule has 0 aromatic heterocycles. The summed E-state index contributed by atoms with van der Waals surface area (Å²) in [4.78, 5) is 24.5. The zero-order valence-electron chi connectivity index (χ0n) is 16.6. The largest absolute Gasteiger partial charge is 0.507 e. The predicted molar refractivity (Wildman–Crippen MR) is 108 cm³/mol. The molecular formula is C20H24N2O6S. The maximum atomic E-state index is 12.3. The van der Waals surface area contributed by atoms with Crippen molar-refractivity contribution >= 4 is 27.6 Å². The number of hydrogen-bond acceptors (Lipinski definition) is 6. The summed E-state index contributed by atoms with van der Waals surface area (Å²) in [6, 6.07) is 9.84. The van der Waals surface area contributed by atoms with Gasteiger partial charge in [-0.1, -0.05) is 6.07 Å². The molecule has 0 aliphatic rings. The lowest BCUT2D eigenvalue weighted by Gasteiger charge is -2.15. The number of phenolic OH excluding ortho intramolecular Hbond substituents is 1. The fraction of sp³-hybridized carbons (Fsp3) is 0.300. The molecule has 0 aliphatic heterocycles. The highest BCUT2D eigenvalue weighted by atomic mass is 32.2. The van der Waals surface area contributed by atoms with Crippen molar-refractivity contribution in [3.8, 4) is 5.75 Å². The molecular weight excluding hydrogens is 396 g/mol. The molecule has 8 nitrogen and oxygen atoms in total. The van der Waals surface area contributed by atoms with Gasteiger partial charge >= 0.3 is 5.97 Å².